The molecular formula is C19H19ClN2OS. The second-order valence-corrected chi connectivity index (χ2v) is 7.81. The Balaban J connectivity index is 1.71. The summed E-state index contributed by atoms with van der Waals surface area (Å²) in [5.41, 5.74) is 3.73. The Morgan fingerprint density at radius 1 is 1.25 bits per heavy atom. The molecule has 0 spiro atoms. The van der Waals surface area contributed by atoms with Gasteiger partial charge in [-0.05, 0) is 61.0 Å². The summed E-state index contributed by atoms with van der Waals surface area (Å²) in [7, 11) is 0. The molecule has 2 aromatic heterocycles. The summed E-state index contributed by atoms with van der Waals surface area (Å²) in [6.07, 6.45) is 4.79. The Labute approximate surface area is 150 Å². The molecule has 0 saturated heterocycles. The van der Waals surface area contributed by atoms with E-state index in [4.69, 9.17) is 11.6 Å². The van der Waals surface area contributed by atoms with E-state index < -0.39 is 0 Å². The number of thiophene rings is 1. The molecule has 3 nitrogen and oxygen atoms in total. The van der Waals surface area contributed by atoms with Crippen molar-refractivity contribution in [2.45, 2.75) is 38.6 Å². The third-order valence-corrected chi connectivity index (χ3v) is 5.91. The standard InChI is InChI=1S/C19H19ClN2OS/c1-12-10-13(20)6-7-15(12)21-19(23)17-11-18-16(8-9-24-18)22(17)14-4-2-3-5-14/h6-11,14H,2-5H2,1H3,(H,21,23). The lowest BCUT2D eigenvalue weighted by Crippen LogP contribution is -2.19. The lowest BCUT2D eigenvalue weighted by Gasteiger charge is -2.17. The zero-order valence-electron chi connectivity index (χ0n) is 13.5. The first-order valence-corrected chi connectivity index (χ1v) is 9.55. The van der Waals surface area contributed by atoms with E-state index in [2.05, 4.69) is 21.3 Å². The van der Waals surface area contributed by atoms with Gasteiger partial charge in [0, 0.05) is 16.8 Å². The molecule has 1 aliphatic carbocycles. The van der Waals surface area contributed by atoms with Gasteiger partial charge in [0.1, 0.15) is 5.69 Å². The fourth-order valence-corrected chi connectivity index (χ4v) is 4.67. The van der Waals surface area contributed by atoms with E-state index in [0.717, 1.165) is 29.8 Å². The highest BCUT2D eigenvalue weighted by Gasteiger charge is 2.25. The summed E-state index contributed by atoms with van der Waals surface area (Å²) >= 11 is 7.70. The Bertz CT molecular complexity index is 905. The van der Waals surface area contributed by atoms with Crippen LogP contribution in [-0.4, -0.2) is 10.5 Å². The van der Waals surface area contributed by atoms with E-state index in [0.29, 0.717) is 11.1 Å². The number of halogens is 1. The monoisotopic (exact) mass is 358 g/mol. The minimum atomic E-state index is -0.0456. The van der Waals surface area contributed by atoms with Gasteiger partial charge in [-0.3, -0.25) is 4.79 Å². The second-order valence-electron chi connectivity index (χ2n) is 6.42. The molecule has 1 amide bonds. The Kier molecular flexibility index (Phi) is 4.10. The lowest BCUT2D eigenvalue weighted by atomic mass is 10.2. The van der Waals surface area contributed by atoms with E-state index >= 15 is 0 Å². The van der Waals surface area contributed by atoms with Crippen molar-refractivity contribution in [1.82, 2.24) is 4.57 Å². The quantitative estimate of drug-likeness (QED) is 0.609. The average molecular weight is 359 g/mol. The van der Waals surface area contributed by atoms with Crippen molar-refractivity contribution in [3.8, 4) is 0 Å². The number of amides is 1. The van der Waals surface area contributed by atoms with Crippen LogP contribution in [0.1, 0.15) is 47.8 Å². The third-order valence-electron chi connectivity index (χ3n) is 4.82. The molecule has 5 heteroatoms. The summed E-state index contributed by atoms with van der Waals surface area (Å²) in [5.74, 6) is -0.0456. The molecule has 1 aliphatic rings. The average Bonchev–Trinajstić information content (AvgIpc) is 3.25. The molecule has 2 heterocycles. The molecule has 0 unspecified atom stereocenters. The van der Waals surface area contributed by atoms with Crippen molar-refractivity contribution in [3.05, 3.63) is 52.0 Å². The Morgan fingerprint density at radius 3 is 2.79 bits per heavy atom. The maximum absolute atomic E-state index is 12.9. The third kappa shape index (κ3) is 2.74. The summed E-state index contributed by atoms with van der Waals surface area (Å²) in [5, 5.41) is 5.83. The maximum atomic E-state index is 12.9. The molecule has 0 aliphatic heterocycles. The molecule has 0 radical (unpaired) electrons. The number of hydrogen-bond acceptors (Lipinski definition) is 2. The number of benzene rings is 1. The Hall–Kier alpha value is -1.78. The number of carbonyl (C=O) groups excluding carboxylic acids is 1. The summed E-state index contributed by atoms with van der Waals surface area (Å²) in [6, 6.07) is 10.1. The van der Waals surface area contributed by atoms with Gasteiger partial charge in [-0.1, -0.05) is 24.4 Å². The van der Waals surface area contributed by atoms with Crippen molar-refractivity contribution in [3.63, 3.8) is 0 Å². The minimum Gasteiger partial charge on any atom is -0.333 e. The molecule has 1 saturated carbocycles. The molecule has 24 heavy (non-hydrogen) atoms. The van der Waals surface area contributed by atoms with Crippen LogP contribution >= 0.6 is 22.9 Å². The number of aryl methyl sites for hydroxylation is 1. The van der Waals surface area contributed by atoms with E-state index in [1.165, 1.54) is 23.1 Å². The van der Waals surface area contributed by atoms with Gasteiger partial charge in [-0.25, -0.2) is 0 Å². The summed E-state index contributed by atoms with van der Waals surface area (Å²) in [6.45, 7) is 1.95. The molecule has 1 N–H and O–H groups in total. The predicted molar refractivity (Wildman–Crippen MR) is 101 cm³/mol. The largest absolute Gasteiger partial charge is 0.333 e. The number of aromatic nitrogens is 1. The van der Waals surface area contributed by atoms with Crippen molar-refractivity contribution < 1.29 is 4.79 Å². The fourth-order valence-electron chi connectivity index (χ4n) is 3.63. The maximum Gasteiger partial charge on any atom is 0.272 e. The predicted octanol–water partition coefficient (Wildman–Crippen LogP) is 6.03. The normalized spacial score (nSPS) is 15.2. The van der Waals surface area contributed by atoms with Gasteiger partial charge in [-0.2, -0.15) is 0 Å². The highest BCUT2D eigenvalue weighted by molar-refractivity contribution is 7.17. The highest BCUT2D eigenvalue weighted by Crippen LogP contribution is 2.36. The molecule has 0 atom stereocenters. The van der Waals surface area contributed by atoms with Gasteiger partial charge in [0.05, 0.1) is 10.2 Å². The van der Waals surface area contributed by atoms with Crippen LogP contribution in [0.25, 0.3) is 10.2 Å². The van der Waals surface area contributed by atoms with Gasteiger partial charge in [0.2, 0.25) is 0 Å². The van der Waals surface area contributed by atoms with Crippen LogP contribution in [0.15, 0.2) is 35.7 Å². The van der Waals surface area contributed by atoms with E-state index in [1.54, 1.807) is 17.4 Å². The van der Waals surface area contributed by atoms with Crippen LogP contribution in [-0.2, 0) is 0 Å². The van der Waals surface area contributed by atoms with Gasteiger partial charge in [-0.15, -0.1) is 11.3 Å². The summed E-state index contributed by atoms with van der Waals surface area (Å²) in [4.78, 5) is 12.9. The van der Waals surface area contributed by atoms with Gasteiger partial charge in [0.25, 0.3) is 5.91 Å². The first-order valence-electron chi connectivity index (χ1n) is 8.29. The van der Waals surface area contributed by atoms with E-state index in [1.807, 2.05) is 25.1 Å². The Morgan fingerprint density at radius 2 is 2.04 bits per heavy atom. The number of rotatable bonds is 3. The molecule has 3 aromatic rings. The van der Waals surface area contributed by atoms with Gasteiger partial charge in [0.15, 0.2) is 0 Å². The molecule has 1 aromatic carbocycles. The zero-order chi connectivity index (χ0) is 16.7. The van der Waals surface area contributed by atoms with Gasteiger partial charge < -0.3 is 9.88 Å². The summed E-state index contributed by atoms with van der Waals surface area (Å²) < 4.78 is 3.43. The first-order chi connectivity index (χ1) is 11.6. The topological polar surface area (TPSA) is 34.0 Å². The number of hydrogen-bond donors (Lipinski definition) is 1. The highest BCUT2D eigenvalue weighted by atomic mass is 35.5. The zero-order valence-corrected chi connectivity index (χ0v) is 15.1. The lowest BCUT2D eigenvalue weighted by molar-refractivity contribution is 0.101. The minimum absolute atomic E-state index is 0.0456. The number of nitrogens with one attached hydrogen (secondary N) is 1. The van der Waals surface area contributed by atoms with Crippen molar-refractivity contribution in [2.75, 3.05) is 5.32 Å². The second kappa shape index (κ2) is 6.26. The molecule has 0 bridgehead atoms. The van der Waals surface area contributed by atoms with Crippen molar-refractivity contribution in [2.24, 2.45) is 0 Å². The smallest absolute Gasteiger partial charge is 0.272 e. The van der Waals surface area contributed by atoms with Crippen LogP contribution < -0.4 is 5.32 Å². The molecule has 124 valence electrons. The van der Waals surface area contributed by atoms with Crippen LogP contribution in [0.3, 0.4) is 0 Å². The van der Waals surface area contributed by atoms with Crippen molar-refractivity contribution >= 4 is 44.7 Å². The number of anilines is 1. The first kappa shape index (κ1) is 15.7. The van der Waals surface area contributed by atoms with Gasteiger partial charge >= 0.3 is 0 Å². The van der Waals surface area contributed by atoms with Crippen LogP contribution in [0.5, 0.6) is 0 Å². The van der Waals surface area contributed by atoms with Crippen LogP contribution in [0, 0.1) is 6.92 Å². The SMILES string of the molecule is Cc1cc(Cl)ccc1NC(=O)c1cc2sccc2n1C1CCCC1. The molecule has 4 rings (SSSR count). The van der Waals surface area contributed by atoms with E-state index in [9.17, 15) is 4.79 Å². The fraction of sp³-hybridized carbons (Fsp3) is 0.316. The van der Waals surface area contributed by atoms with Crippen LogP contribution in [0.2, 0.25) is 5.02 Å². The van der Waals surface area contributed by atoms with Crippen LogP contribution in [0.4, 0.5) is 5.69 Å². The number of carbonyl (C=O) groups is 1. The molecular weight excluding hydrogens is 340 g/mol. The molecule has 1 fully saturated rings. The van der Waals surface area contributed by atoms with Crippen molar-refractivity contribution in [1.29, 1.82) is 0 Å². The number of fused-ring (bicyclic) bond motifs is 1. The van der Waals surface area contributed by atoms with E-state index in [-0.39, 0.29) is 5.91 Å². The number of nitrogens with zero attached hydrogens (tertiary/aromatic N) is 1.